The molecule has 1 heterocycles. The van der Waals surface area contributed by atoms with Gasteiger partial charge in [0.05, 0.1) is 11.7 Å². The summed E-state index contributed by atoms with van der Waals surface area (Å²) in [4.78, 5) is 26.0. The van der Waals surface area contributed by atoms with Crippen molar-refractivity contribution in [3.8, 4) is 5.75 Å². The minimum Gasteiger partial charge on any atom is -0.489 e. The Bertz CT molecular complexity index is 785. The fourth-order valence-electron chi connectivity index (χ4n) is 2.80. The minimum atomic E-state index is -0.534. The third-order valence-corrected chi connectivity index (χ3v) is 3.93. The number of ether oxygens (including phenoxy) is 2. The number of esters is 1. The lowest BCUT2D eigenvalue weighted by Gasteiger charge is -2.37. The number of fused-ring (bicyclic) bond motifs is 1. The molecule has 0 bridgehead atoms. The molecule has 0 fully saturated rings. The maximum Gasteiger partial charge on any atom is 0.330 e. The summed E-state index contributed by atoms with van der Waals surface area (Å²) < 4.78 is 10.9. The van der Waals surface area contributed by atoms with Crippen LogP contribution in [0.4, 0.5) is 5.69 Å². The number of nitrogens with zero attached hydrogens (tertiary/aromatic N) is 1. The number of benzene rings is 2. The summed E-state index contributed by atoms with van der Waals surface area (Å²) in [5.74, 6) is -0.182. The first kappa shape index (κ1) is 16.8. The Morgan fingerprint density at radius 1 is 1.16 bits per heavy atom. The summed E-state index contributed by atoms with van der Waals surface area (Å²) in [7, 11) is 0. The van der Waals surface area contributed by atoms with E-state index in [1.165, 1.54) is 6.08 Å². The van der Waals surface area contributed by atoms with Crippen molar-refractivity contribution in [3.05, 3.63) is 72.3 Å². The molecule has 25 heavy (non-hydrogen) atoms. The number of rotatable bonds is 4. The summed E-state index contributed by atoms with van der Waals surface area (Å²) in [5.41, 5.74) is 1.64. The van der Waals surface area contributed by atoms with Crippen molar-refractivity contribution in [2.24, 2.45) is 0 Å². The summed E-state index contributed by atoms with van der Waals surface area (Å²) in [6, 6.07) is 16.8. The molecule has 1 amide bonds. The molecule has 5 heteroatoms. The van der Waals surface area contributed by atoms with Gasteiger partial charge in [0.2, 0.25) is 0 Å². The molecule has 1 atom stereocenters. The molecule has 0 saturated heterocycles. The van der Waals surface area contributed by atoms with Crippen LogP contribution in [0.3, 0.4) is 0 Å². The highest BCUT2D eigenvalue weighted by Gasteiger charge is 2.33. The highest BCUT2D eigenvalue weighted by atomic mass is 16.5. The number of hydrogen-bond donors (Lipinski definition) is 0. The van der Waals surface area contributed by atoms with Gasteiger partial charge in [0.1, 0.15) is 12.4 Å². The Balaban J connectivity index is 1.89. The lowest BCUT2D eigenvalue weighted by Crippen LogP contribution is -2.43. The van der Waals surface area contributed by atoms with E-state index in [1.807, 2.05) is 54.6 Å². The molecule has 1 unspecified atom stereocenters. The second kappa shape index (κ2) is 7.66. The number of amides is 1. The number of carbonyl (C=O) groups excluding carboxylic acids is 2. The molecule has 0 spiro atoms. The zero-order chi connectivity index (χ0) is 17.6. The van der Waals surface area contributed by atoms with E-state index in [0.29, 0.717) is 18.0 Å². The molecular weight excluding hydrogens is 318 g/mol. The Morgan fingerprint density at radius 2 is 1.88 bits per heavy atom. The van der Waals surface area contributed by atoms with Crippen molar-refractivity contribution in [1.82, 2.24) is 0 Å². The molecule has 3 rings (SSSR count). The van der Waals surface area contributed by atoms with E-state index in [9.17, 15) is 9.59 Å². The van der Waals surface area contributed by atoms with Crippen LogP contribution >= 0.6 is 0 Å². The van der Waals surface area contributed by atoms with Crippen LogP contribution in [-0.2, 0) is 14.3 Å². The monoisotopic (exact) mass is 337 g/mol. The first-order valence-electron chi connectivity index (χ1n) is 8.09. The highest BCUT2D eigenvalue weighted by molar-refractivity contribution is 5.98. The predicted octanol–water partition coefficient (Wildman–Crippen LogP) is 3.27. The van der Waals surface area contributed by atoms with Gasteiger partial charge < -0.3 is 9.47 Å². The summed E-state index contributed by atoms with van der Waals surface area (Å²) in [6.07, 6.45) is 2.86. The van der Waals surface area contributed by atoms with Gasteiger partial charge in [-0.1, -0.05) is 48.5 Å². The zero-order valence-electron chi connectivity index (χ0n) is 13.9. The fourth-order valence-corrected chi connectivity index (χ4v) is 2.80. The van der Waals surface area contributed by atoms with Crippen LogP contribution in [0.1, 0.15) is 18.5 Å². The summed E-state index contributed by atoms with van der Waals surface area (Å²) in [6.45, 7) is 1.74. The van der Waals surface area contributed by atoms with E-state index in [2.05, 4.69) is 0 Å². The predicted molar refractivity (Wildman–Crippen MR) is 94.4 cm³/mol. The molecule has 0 aromatic heterocycles. The van der Waals surface area contributed by atoms with Gasteiger partial charge in [-0.25, -0.2) is 4.79 Å². The molecule has 0 radical (unpaired) electrons. The maximum absolute atomic E-state index is 12.8. The van der Waals surface area contributed by atoms with Gasteiger partial charge in [-0.15, -0.1) is 0 Å². The van der Waals surface area contributed by atoms with Gasteiger partial charge in [0, 0.05) is 6.08 Å². The molecule has 1 aliphatic heterocycles. The van der Waals surface area contributed by atoms with Crippen molar-refractivity contribution in [3.63, 3.8) is 0 Å². The topological polar surface area (TPSA) is 55.8 Å². The quantitative estimate of drug-likeness (QED) is 0.635. The highest BCUT2D eigenvalue weighted by Crippen LogP contribution is 2.39. The Labute approximate surface area is 146 Å². The maximum atomic E-state index is 12.8. The van der Waals surface area contributed by atoms with Gasteiger partial charge >= 0.3 is 5.97 Å². The van der Waals surface area contributed by atoms with E-state index in [-0.39, 0.29) is 18.6 Å². The third-order valence-electron chi connectivity index (χ3n) is 3.93. The standard InChI is InChI=1S/C20H19NO4/c1-2-8-20(23)25-14-19(22)21-16-11-6-7-12-18(16)24-13-17(21)15-9-4-3-5-10-15/h2-12,17H,13-14H2,1H3. The molecule has 5 nitrogen and oxygen atoms in total. The van der Waals surface area contributed by atoms with E-state index in [0.717, 1.165) is 5.56 Å². The normalized spacial score (nSPS) is 16.2. The van der Waals surface area contributed by atoms with Crippen LogP contribution < -0.4 is 9.64 Å². The first-order chi connectivity index (χ1) is 12.2. The van der Waals surface area contributed by atoms with E-state index >= 15 is 0 Å². The second-order valence-electron chi connectivity index (χ2n) is 5.58. The van der Waals surface area contributed by atoms with Crippen LogP contribution in [-0.4, -0.2) is 25.1 Å². The molecular formula is C20H19NO4. The van der Waals surface area contributed by atoms with E-state index < -0.39 is 5.97 Å². The molecule has 0 aliphatic carbocycles. The zero-order valence-corrected chi connectivity index (χ0v) is 13.9. The molecule has 0 N–H and O–H groups in total. The Kier molecular flexibility index (Phi) is 5.14. The van der Waals surface area contributed by atoms with Crippen LogP contribution in [0.15, 0.2) is 66.7 Å². The number of para-hydroxylation sites is 2. The van der Waals surface area contributed by atoms with Crippen molar-refractivity contribution in [2.75, 3.05) is 18.1 Å². The first-order valence-corrected chi connectivity index (χ1v) is 8.09. The molecule has 1 aliphatic rings. The second-order valence-corrected chi connectivity index (χ2v) is 5.58. The number of allylic oxidation sites excluding steroid dienone is 1. The van der Waals surface area contributed by atoms with Crippen molar-refractivity contribution in [2.45, 2.75) is 13.0 Å². The van der Waals surface area contributed by atoms with Crippen LogP contribution in [0.2, 0.25) is 0 Å². The Hall–Kier alpha value is -3.08. The fraction of sp³-hybridized carbons (Fsp3) is 0.200. The average molecular weight is 337 g/mol. The van der Waals surface area contributed by atoms with Crippen LogP contribution in [0.5, 0.6) is 5.75 Å². The van der Waals surface area contributed by atoms with Crippen LogP contribution in [0.25, 0.3) is 0 Å². The van der Waals surface area contributed by atoms with Crippen molar-refractivity contribution < 1.29 is 19.1 Å². The summed E-state index contributed by atoms with van der Waals surface area (Å²) >= 11 is 0. The smallest absolute Gasteiger partial charge is 0.330 e. The van der Waals surface area contributed by atoms with Gasteiger partial charge in [-0.2, -0.15) is 0 Å². The molecule has 128 valence electrons. The number of anilines is 1. The number of hydrogen-bond acceptors (Lipinski definition) is 4. The van der Waals surface area contributed by atoms with E-state index in [1.54, 1.807) is 17.9 Å². The van der Waals surface area contributed by atoms with E-state index in [4.69, 9.17) is 9.47 Å². The molecule has 2 aromatic carbocycles. The molecule has 2 aromatic rings. The largest absolute Gasteiger partial charge is 0.489 e. The van der Waals surface area contributed by atoms with Gasteiger partial charge in [0.15, 0.2) is 6.61 Å². The lowest BCUT2D eigenvalue weighted by molar-refractivity contribution is -0.143. The third kappa shape index (κ3) is 3.71. The van der Waals surface area contributed by atoms with Gasteiger partial charge in [-0.3, -0.25) is 9.69 Å². The molecule has 0 saturated carbocycles. The Morgan fingerprint density at radius 3 is 2.64 bits per heavy atom. The lowest BCUT2D eigenvalue weighted by atomic mass is 10.0. The van der Waals surface area contributed by atoms with Crippen molar-refractivity contribution in [1.29, 1.82) is 0 Å². The number of carbonyl (C=O) groups is 2. The minimum absolute atomic E-state index is 0.274. The van der Waals surface area contributed by atoms with Crippen molar-refractivity contribution >= 4 is 17.6 Å². The summed E-state index contributed by atoms with van der Waals surface area (Å²) in [5, 5.41) is 0. The average Bonchev–Trinajstić information content (AvgIpc) is 2.66. The van der Waals surface area contributed by atoms with Crippen LogP contribution in [0, 0.1) is 0 Å². The van der Waals surface area contributed by atoms with Gasteiger partial charge in [0.25, 0.3) is 5.91 Å². The van der Waals surface area contributed by atoms with Gasteiger partial charge in [-0.05, 0) is 24.6 Å². The SMILES string of the molecule is CC=CC(=O)OCC(=O)N1c2ccccc2OCC1c1ccccc1.